The minimum atomic E-state index is 0.485. The second-order valence-electron chi connectivity index (χ2n) is 8.58. The Morgan fingerprint density at radius 1 is 1.00 bits per heavy atom. The maximum absolute atomic E-state index is 5.54. The van der Waals surface area contributed by atoms with Crippen LogP contribution in [0.1, 0.15) is 36.8 Å². The van der Waals surface area contributed by atoms with Gasteiger partial charge in [-0.05, 0) is 30.0 Å². The average molecular weight is 477 g/mol. The van der Waals surface area contributed by atoms with Crippen molar-refractivity contribution in [1.82, 2.24) is 24.9 Å². The topological polar surface area (TPSA) is 82.1 Å². The lowest BCUT2D eigenvalue weighted by Gasteiger charge is -2.28. The van der Waals surface area contributed by atoms with Crippen LogP contribution in [0.15, 0.2) is 58.2 Å². The van der Waals surface area contributed by atoms with Gasteiger partial charge in [0, 0.05) is 18.7 Å². The van der Waals surface area contributed by atoms with Crippen LogP contribution in [0.4, 0.5) is 5.95 Å². The summed E-state index contributed by atoms with van der Waals surface area (Å²) in [5, 5.41) is 14.0. The molecule has 34 heavy (non-hydrogen) atoms. The van der Waals surface area contributed by atoms with Gasteiger partial charge < -0.3 is 14.2 Å². The van der Waals surface area contributed by atoms with Crippen molar-refractivity contribution in [3.63, 3.8) is 0 Å². The molecule has 3 heterocycles. The van der Waals surface area contributed by atoms with Gasteiger partial charge in [0.25, 0.3) is 0 Å². The van der Waals surface area contributed by atoms with Crippen molar-refractivity contribution in [2.45, 2.75) is 37.6 Å². The zero-order valence-corrected chi connectivity index (χ0v) is 20.5. The Bertz CT molecular complexity index is 1240. The van der Waals surface area contributed by atoms with Crippen LogP contribution in [0.2, 0.25) is 0 Å². The molecule has 2 aromatic heterocycles. The lowest BCUT2D eigenvalue weighted by atomic mass is 10.0. The fourth-order valence-electron chi connectivity index (χ4n) is 3.92. The molecule has 0 saturated carbocycles. The van der Waals surface area contributed by atoms with Crippen molar-refractivity contribution in [3.05, 3.63) is 65.5 Å². The van der Waals surface area contributed by atoms with Gasteiger partial charge in [-0.15, -0.1) is 10.2 Å². The Morgan fingerprint density at radius 3 is 2.50 bits per heavy atom. The molecular formula is C25H28N6O2S. The highest BCUT2D eigenvalue weighted by atomic mass is 32.2. The van der Waals surface area contributed by atoms with Crippen molar-refractivity contribution >= 4 is 17.7 Å². The minimum absolute atomic E-state index is 0.485. The van der Waals surface area contributed by atoms with E-state index in [1.54, 1.807) is 0 Å². The number of thioether (sulfide) groups is 1. The Labute approximate surface area is 203 Å². The second-order valence-corrected chi connectivity index (χ2v) is 9.52. The normalized spacial score (nSPS) is 14.2. The fourth-order valence-corrected chi connectivity index (χ4v) is 4.70. The molecule has 5 rings (SSSR count). The summed E-state index contributed by atoms with van der Waals surface area (Å²) < 4.78 is 13.2. The third kappa shape index (κ3) is 4.71. The summed E-state index contributed by atoms with van der Waals surface area (Å²) in [6.45, 7) is 9.41. The molecule has 4 aromatic rings. The molecule has 0 atom stereocenters. The largest absolute Gasteiger partial charge is 0.378 e. The Balaban J connectivity index is 1.38. The standard InChI is InChI=1S/C25H28N6O2S/c1-17(2)19-8-10-20(11-9-19)23-26-22(33-29-23)16-34-25-28-27-24(30-12-14-32-15-13-30)31(25)21-7-5-4-6-18(21)3/h4-11,17H,12-16H2,1-3H3. The van der Waals surface area contributed by atoms with E-state index < -0.39 is 0 Å². The molecule has 0 amide bonds. The average Bonchev–Trinajstić information content (AvgIpc) is 3.51. The summed E-state index contributed by atoms with van der Waals surface area (Å²) in [5.74, 6) is 2.97. The predicted molar refractivity (Wildman–Crippen MR) is 133 cm³/mol. The molecule has 8 nitrogen and oxygen atoms in total. The fraction of sp³-hybridized carbons (Fsp3) is 0.360. The highest BCUT2D eigenvalue weighted by Crippen LogP contribution is 2.31. The van der Waals surface area contributed by atoms with Gasteiger partial charge in [-0.3, -0.25) is 4.57 Å². The zero-order chi connectivity index (χ0) is 23.5. The molecule has 1 aliphatic rings. The zero-order valence-electron chi connectivity index (χ0n) is 19.6. The van der Waals surface area contributed by atoms with E-state index in [1.807, 2.05) is 24.3 Å². The SMILES string of the molecule is Cc1ccccc1-n1c(SCc2nc(-c3ccc(C(C)C)cc3)no2)nnc1N1CCOCC1. The number of ether oxygens (including phenoxy) is 1. The van der Waals surface area contributed by atoms with E-state index in [1.165, 1.54) is 17.3 Å². The molecule has 0 spiro atoms. The highest BCUT2D eigenvalue weighted by Gasteiger charge is 2.23. The molecule has 0 aliphatic carbocycles. The molecule has 0 N–H and O–H groups in total. The first kappa shape index (κ1) is 22.6. The van der Waals surface area contributed by atoms with Gasteiger partial charge >= 0.3 is 0 Å². The first-order valence-electron chi connectivity index (χ1n) is 11.5. The molecule has 0 bridgehead atoms. The number of para-hydroxylation sites is 1. The molecule has 1 fully saturated rings. The van der Waals surface area contributed by atoms with Crippen molar-refractivity contribution in [1.29, 1.82) is 0 Å². The van der Waals surface area contributed by atoms with E-state index in [4.69, 9.17) is 9.26 Å². The van der Waals surface area contributed by atoms with E-state index in [0.29, 0.717) is 36.6 Å². The first-order valence-corrected chi connectivity index (χ1v) is 12.5. The van der Waals surface area contributed by atoms with E-state index in [0.717, 1.165) is 41.0 Å². The molecular weight excluding hydrogens is 448 g/mol. The van der Waals surface area contributed by atoms with Crippen LogP contribution in [0.25, 0.3) is 17.1 Å². The van der Waals surface area contributed by atoms with E-state index in [-0.39, 0.29) is 0 Å². The lowest BCUT2D eigenvalue weighted by molar-refractivity contribution is 0.122. The van der Waals surface area contributed by atoms with Crippen LogP contribution < -0.4 is 4.90 Å². The molecule has 2 aromatic carbocycles. The Hall–Kier alpha value is -3.17. The Kier molecular flexibility index (Phi) is 6.64. The van der Waals surface area contributed by atoms with Crippen LogP contribution in [0.3, 0.4) is 0 Å². The first-order chi connectivity index (χ1) is 16.6. The number of aromatic nitrogens is 5. The number of benzene rings is 2. The molecule has 176 valence electrons. The van der Waals surface area contributed by atoms with Crippen LogP contribution in [0.5, 0.6) is 0 Å². The molecule has 0 unspecified atom stereocenters. The number of anilines is 1. The van der Waals surface area contributed by atoms with Crippen LogP contribution in [-0.4, -0.2) is 51.2 Å². The van der Waals surface area contributed by atoms with Gasteiger partial charge in [-0.1, -0.05) is 73.2 Å². The second kappa shape index (κ2) is 9.99. The van der Waals surface area contributed by atoms with Crippen LogP contribution >= 0.6 is 11.8 Å². The number of hydrogen-bond donors (Lipinski definition) is 0. The maximum Gasteiger partial charge on any atom is 0.237 e. The smallest absolute Gasteiger partial charge is 0.237 e. The lowest BCUT2D eigenvalue weighted by Crippen LogP contribution is -2.38. The number of hydrogen-bond acceptors (Lipinski definition) is 8. The molecule has 1 saturated heterocycles. The number of rotatable bonds is 7. The van der Waals surface area contributed by atoms with Gasteiger partial charge in [-0.25, -0.2) is 0 Å². The maximum atomic E-state index is 5.54. The third-order valence-corrected chi connectivity index (χ3v) is 6.81. The Morgan fingerprint density at radius 2 is 1.76 bits per heavy atom. The van der Waals surface area contributed by atoms with Crippen LogP contribution in [-0.2, 0) is 10.5 Å². The van der Waals surface area contributed by atoms with Crippen molar-refractivity contribution in [2.24, 2.45) is 0 Å². The van der Waals surface area contributed by atoms with Crippen molar-refractivity contribution in [3.8, 4) is 17.1 Å². The molecule has 1 aliphatic heterocycles. The van der Waals surface area contributed by atoms with Gasteiger partial charge in [0.1, 0.15) is 0 Å². The van der Waals surface area contributed by atoms with E-state index in [9.17, 15) is 0 Å². The predicted octanol–water partition coefficient (Wildman–Crippen LogP) is 4.88. The summed E-state index contributed by atoms with van der Waals surface area (Å²) in [4.78, 5) is 6.82. The van der Waals surface area contributed by atoms with E-state index in [2.05, 4.69) is 74.8 Å². The summed E-state index contributed by atoms with van der Waals surface area (Å²) in [5.41, 5.74) is 4.45. The molecule has 0 radical (unpaired) electrons. The minimum Gasteiger partial charge on any atom is -0.378 e. The monoisotopic (exact) mass is 476 g/mol. The van der Waals surface area contributed by atoms with Gasteiger partial charge in [0.2, 0.25) is 17.7 Å². The molecule has 9 heteroatoms. The summed E-state index contributed by atoms with van der Waals surface area (Å²) >= 11 is 1.54. The summed E-state index contributed by atoms with van der Waals surface area (Å²) in [7, 11) is 0. The number of morpholine rings is 1. The third-order valence-electron chi connectivity index (χ3n) is 5.89. The van der Waals surface area contributed by atoms with Gasteiger partial charge in [-0.2, -0.15) is 4.98 Å². The van der Waals surface area contributed by atoms with Crippen molar-refractivity contribution < 1.29 is 9.26 Å². The van der Waals surface area contributed by atoms with Gasteiger partial charge in [0.05, 0.1) is 24.7 Å². The summed E-state index contributed by atoms with van der Waals surface area (Å²) in [6, 6.07) is 16.6. The summed E-state index contributed by atoms with van der Waals surface area (Å²) in [6.07, 6.45) is 0. The quantitative estimate of drug-likeness (QED) is 0.349. The number of aryl methyl sites for hydroxylation is 1. The van der Waals surface area contributed by atoms with E-state index >= 15 is 0 Å². The number of nitrogens with zero attached hydrogens (tertiary/aromatic N) is 6. The highest BCUT2D eigenvalue weighted by molar-refractivity contribution is 7.98. The van der Waals surface area contributed by atoms with Gasteiger partial charge in [0.15, 0.2) is 5.16 Å². The van der Waals surface area contributed by atoms with Crippen LogP contribution in [0, 0.1) is 6.92 Å². The van der Waals surface area contributed by atoms with Crippen molar-refractivity contribution in [2.75, 3.05) is 31.2 Å².